The van der Waals surface area contributed by atoms with Gasteiger partial charge in [-0.05, 0) is 17.2 Å². The van der Waals surface area contributed by atoms with Crippen molar-refractivity contribution >= 4 is 0 Å². The van der Waals surface area contributed by atoms with Crippen molar-refractivity contribution in [3.05, 3.63) is 59.9 Å². The summed E-state index contributed by atoms with van der Waals surface area (Å²) in [5.74, 6) is 0. The molecule has 0 fully saturated rings. The standard InChI is InChI=1S/C16H22N2O2/c1-20-13-16(19)10-17-9-15-7-8-18(12-15)11-14-5-3-2-4-6-14/h2-8,12,16-17,19H,9-11,13H2,1H3. The smallest absolute Gasteiger partial charge is 0.0897 e. The zero-order valence-electron chi connectivity index (χ0n) is 11.8. The lowest BCUT2D eigenvalue weighted by Crippen LogP contribution is -2.29. The van der Waals surface area contributed by atoms with Crippen LogP contribution in [0.3, 0.4) is 0 Å². The second kappa shape index (κ2) is 7.85. The molecule has 1 aromatic carbocycles. The number of nitrogens with one attached hydrogen (secondary N) is 1. The fourth-order valence-corrected chi connectivity index (χ4v) is 2.12. The number of aliphatic hydroxyl groups is 1. The molecule has 0 aliphatic rings. The molecule has 0 saturated heterocycles. The lowest BCUT2D eigenvalue weighted by Gasteiger charge is -2.09. The Morgan fingerprint density at radius 2 is 2.00 bits per heavy atom. The van der Waals surface area contributed by atoms with Crippen LogP contribution >= 0.6 is 0 Å². The number of aromatic nitrogens is 1. The van der Waals surface area contributed by atoms with E-state index in [1.165, 1.54) is 11.1 Å². The Bertz CT molecular complexity index is 496. The summed E-state index contributed by atoms with van der Waals surface area (Å²) in [7, 11) is 1.59. The topological polar surface area (TPSA) is 46.4 Å². The van der Waals surface area contributed by atoms with E-state index < -0.39 is 6.10 Å². The van der Waals surface area contributed by atoms with Crippen LogP contribution < -0.4 is 5.32 Å². The molecule has 1 heterocycles. The molecule has 1 atom stereocenters. The minimum atomic E-state index is -0.452. The van der Waals surface area contributed by atoms with Gasteiger partial charge in [-0.15, -0.1) is 0 Å². The van der Waals surface area contributed by atoms with E-state index in [-0.39, 0.29) is 0 Å². The van der Waals surface area contributed by atoms with Crippen molar-refractivity contribution in [2.75, 3.05) is 20.3 Å². The van der Waals surface area contributed by atoms with Gasteiger partial charge >= 0.3 is 0 Å². The van der Waals surface area contributed by atoms with E-state index in [1.807, 2.05) is 6.07 Å². The van der Waals surface area contributed by atoms with Gasteiger partial charge < -0.3 is 19.7 Å². The summed E-state index contributed by atoms with van der Waals surface area (Å²) in [5.41, 5.74) is 2.50. The number of hydrogen-bond donors (Lipinski definition) is 2. The summed E-state index contributed by atoms with van der Waals surface area (Å²) in [6, 6.07) is 12.5. The van der Waals surface area contributed by atoms with Crippen molar-refractivity contribution in [3.63, 3.8) is 0 Å². The fraction of sp³-hybridized carbons (Fsp3) is 0.375. The van der Waals surface area contributed by atoms with Crippen LogP contribution in [-0.4, -0.2) is 36.0 Å². The van der Waals surface area contributed by atoms with Crippen LogP contribution in [0.4, 0.5) is 0 Å². The maximum atomic E-state index is 9.53. The second-order valence-electron chi connectivity index (χ2n) is 4.92. The van der Waals surface area contributed by atoms with E-state index >= 15 is 0 Å². The number of methoxy groups -OCH3 is 1. The number of rotatable bonds is 8. The molecule has 4 heteroatoms. The van der Waals surface area contributed by atoms with Gasteiger partial charge in [0.15, 0.2) is 0 Å². The lowest BCUT2D eigenvalue weighted by molar-refractivity contribution is 0.0644. The molecule has 2 N–H and O–H groups in total. The SMILES string of the molecule is COCC(O)CNCc1ccn(Cc2ccccc2)c1. The van der Waals surface area contributed by atoms with Gasteiger partial charge in [-0.3, -0.25) is 0 Å². The van der Waals surface area contributed by atoms with Gasteiger partial charge in [-0.1, -0.05) is 30.3 Å². The summed E-state index contributed by atoms with van der Waals surface area (Å²) in [4.78, 5) is 0. The largest absolute Gasteiger partial charge is 0.389 e. The highest BCUT2D eigenvalue weighted by atomic mass is 16.5. The highest BCUT2D eigenvalue weighted by Gasteiger charge is 2.03. The normalized spacial score (nSPS) is 12.5. The van der Waals surface area contributed by atoms with E-state index in [0.717, 1.165) is 13.1 Å². The zero-order chi connectivity index (χ0) is 14.2. The lowest BCUT2D eigenvalue weighted by atomic mass is 10.2. The third-order valence-corrected chi connectivity index (χ3v) is 3.09. The summed E-state index contributed by atoms with van der Waals surface area (Å²) >= 11 is 0. The summed E-state index contributed by atoms with van der Waals surface area (Å²) in [6.45, 7) is 2.54. The molecule has 0 saturated carbocycles. The molecule has 0 radical (unpaired) electrons. The minimum absolute atomic E-state index is 0.363. The van der Waals surface area contributed by atoms with Crippen molar-refractivity contribution in [3.8, 4) is 0 Å². The Labute approximate surface area is 120 Å². The first-order chi connectivity index (χ1) is 9.78. The summed E-state index contributed by atoms with van der Waals surface area (Å²) in [5, 5.41) is 12.8. The Morgan fingerprint density at radius 1 is 1.20 bits per heavy atom. The van der Waals surface area contributed by atoms with Gasteiger partial charge in [0.25, 0.3) is 0 Å². The van der Waals surface area contributed by atoms with Gasteiger partial charge in [-0.2, -0.15) is 0 Å². The van der Waals surface area contributed by atoms with Gasteiger partial charge in [-0.25, -0.2) is 0 Å². The Hall–Kier alpha value is -1.62. The zero-order valence-corrected chi connectivity index (χ0v) is 11.8. The van der Waals surface area contributed by atoms with Crippen LogP contribution in [0.25, 0.3) is 0 Å². The van der Waals surface area contributed by atoms with E-state index in [2.05, 4.69) is 52.6 Å². The molecule has 1 aromatic heterocycles. The van der Waals surface area contributed by atoms with Crippen molar-refractivity contribution in [1.82, 2.24) is 9.88 Å². The maximum absolute atomic E-state index is 9.53. The molecule has 1 unspecified atom stereocenters. The average molecular weight is 274 g/mol. The second-order valence-corrected chi connectivity index (χ2v) is 4.92. The molecule has 0 spiro atoms. The number of benzene rings is 1. The van der Waals surface area contributed by atoms with Crippen molar-refractivity contribution < 1.29 is 9.84 Å². The Balaban J connectivity index is 1.78. The Morgan fingerprint density at radius 3 is 2.75 bits per heavy atom. The highest BCUT2D eigenvalue weighted by molar-refractivity contribution is 5.17. The molecule has 20 heavy (non-hydrogen) atoms. The van der Waals surface area contributed by atoms with E-state index in [4.69, 9.17) is 4.74 Å². The van der Waals surface area contributed by atoms with E-state index in [0.29, 0.717) is 13.2 Å². The first kappa shape index (κ1) is 14.8. The van der Waals surface area contributed by atoms with Crippen LogP contribution in [0.15, 0.2) is 48.8 Å². The molecule has 0 aliphatic carbocycles. The van der Waals surface area contributed by atoms with Crippen molar-refractivity contribution in [2.45, 2.75) is 19.2 Å². The van der Waals surface area contributed by atoms with E-state index in [1.54, 1.807) is 7.11 Å². The maximum Gasteiger partial charge on any atom is 0.0897 e. The molecular weight excluding hydrogens is 252 g/mol. The quantitative estimate of drug-likeness (QED) is 0.769. The third kappa shape index (κ3) is 4.81. The molecule has 108 valence electrons. The summed E-state index contributed by atoms with van der Waals surface area (Å²) < 4.78 is 7.05. The molecule has 2 aromatic rings. The fourth-order valence-electron chi connectivity index (χ4n) is 2.12. The molecule has 0 aliphatic heterocycles. The first-order valence-electron chi connectivity index (χ1n) is 6.84. The van der Waals surface area contributed by atoms with Crippen molar-refractivity contribution in [2.24, 2.45) is 0 Å². The van der Waals surface area contributed by atoms with E-state index in [9.17, 15) is 5.11 Å². The highest BCUT2D eigenvalue weighted by Crippen LogP contribution is 2.06. The van der Waals surface area contributed by atoms with Crippen LogP contribution in [0.5, 0.6) is 0 Å². The number of aliphatic hydroxyl groups excluding tert-OH is 1. The van der Waals surface area contributed by atoms with Gasteiger partial charge in [0.2, 0.25) is 0 Å². The minimum Gasteiger partial charge on any atom is -0.389 e. The predicted octanol–water partition coefficient (Wildman–Crippen LogP) is 1.63. The number of hydrogen-bond acceptors (Lipinski definition) is 3. The first-order valence-corrected chi connectivity index (χ1v) is 6.84. The van der Waals surface area contributed by atoms with Crippen molar-refractivity contribution in [1.29, 1.82) is 0 Å². The molecule has 4 nitrogen and oxygen atoms in total. The average Bonchev–Trinajstić information content (AvgIpc) is 2.88. The van der Waals surface area contributed by atoms with Gasteiger partial charge in [0, 0.05) is 39.1 Å². The molecule has 0 amide bonds. The molecular formula is C16H22N2O2. The van der Waals surface area contributed by atoms with Crippen LogP contribution in [-0.2, 0) is 17.8 Å². The number of ether oxygens (including phenoxy) is 1. The van der Waals surface area contributed by atoms with Crippen LogP contribution in [0, 0.1) is 0 Å². The van der Waals surface area contributed by atoms with Crippen LogP contribution in [0.1, 0.15) is 11.1 Å². The Kier molecular flexibility index (Phi) is 5.80. The van der Waals surface area contributed by atoms with Gasteiger partial charge in [0.1, 0.15) is 0 Å². The molecule has 0 bridgehead atoms. The third-order valence-electron chi connectivity index (χ3n) is 3.09. The van der Waals surface area contributed by atoms with Gasteiger partial charge in [0.05, 0.1) is 12.7 Å². The monoisotopic (exact) mass is 274 g/mol. The molecule has 2 rings (SSSR count). The predicted molar refractivity (Wildman–Crippen MR) is 79.6 cm³/mol. The number of nitrogens with zero attached hydrogens (tertiary/aromatic N) is 1. The van der Waals surface area contributed by atoms with Crippen LogP contribution in [0.2, 0.25) is 0 Å². The summed E-state index contributed by atoms with van der Waals surface area (Å²) in [6.07, 6.45) is 3.75.